The van der Waals surface area contributed by atoms with E-state index >= 15 is 0 Å². The van der Waals surface area contributed by atoms with Crippen LogP contribution in [0.2, 0.25) is 0 Å². The van der Waals surface area contributed by atoms with Crippen molar-refractivity contribution in [2.45, 2.75) is 19.4 Å². The quantitative estimate of drug-likeness (QED) is 0.831. The van der Waals surface area contributed by atoms with Crippen LogP contribution < -0.4 is 4.31 Å². The molecular weight excluding hydrogens is 348 g/mol. The number of morpholine rings is 1. The molecule has 136 valence electrons. The number of carbonyl (C=O) groups is 2. The first-order valence-electron chi connectivity index (χ1n) is 8.04. The fourth-order valence-electron chi connectivity index (χ4n) is 3.13. The van der Waals surface area contributed by atoms with Gasteiger partial charge in [-0.2, -0.15) is 0 Å². The molecule has 25 heavy (non-hydrogen) atoms. The summed E-state index contributed by atoms with van der Waals surface area (Å²) in [6.45, 7) is 2.68. The summed E-state index contributed by atoms with van der Waals surface area (Å²) in [7, 11) is -3.27. The van der Waals surface area contributed by atoms with Crippen LogP contribution in [0.5, 0.6) is 0 Å². The van der Waals surface area contributed by atoms with Gasteiger partial charge in [0, 0.05) is 18.7 Å². The molecule has 2 saturated heterocycles. The van der Waals surface area contributed by atoms with Gasteiger partial charge in [0.25, 0.3) is 5.91 Å². The van der Waals surface area contributed by atoms with Crippen LogP contribution in [0, 0.1) is 6.92 Å². The van der Waals surface area contributed by atoms with E-state index < -0.39 is 22.1 Å². The second-order valence-electron chi connectivity index (χ2n) is 6.19. The van der Waals surface area contributed by atoms with Gasteiger partial charge in [0.05, 0.1) is 24.6 Å². The SMILES string of the molecule is Cc1cc(N2CCCS2(=O)=O)ccc1C(=O)N1CCO[C@H](C(=O)O)C1. The molecule has 1 amide bonds. The number of amides is 1. The summed E-state index contributed by atoms with van der Waals surface area (Å²) in [5.41, 5.74) is 1.64. The Morgan fingerprint density at radius 1 is 1.28 bits per heavy atom. The van der Waals surface area contributed by atoms with Crippen molar-refractivity contribution >= 4 is 27.6 Å². The number of sulfonamides is 1. The molecule has 0 spiro atoms. The Hall–Kier alpha value is -2.13. The van der Waals surface area contributed by atoms with Crippen molar-refractivity contribution in [1.82, 2.24) is 4.90 Å². The summed E-state index contributed by atoms with van der Waals surface area (Å²) >= 11 is 0. The predicted octanol–water partition coefficient (Wildman–Crippen LogP) is 0.461. The van der Waals surface area contributed by atoms with Crippen LogP contribution in [0.15, 0.2) is 18.2 Å². The van der Waals surface area contributed by atoms with Crippen molar-refractivity contribution in [3.05, 3.63) is 29.3 Å². The average Bonchev–Trinajstić information content (AvgIpc) is 2.93. The summed E-state index contributed by atoms with van der Waals surface area (Å²) in [5.74, 6) is -1.23. The van der Waals surface area contributed by atoms with Gasteiger partial charge in [-0.25, -0.2) is 13.2 Å². The maximum absolute atomic E-state index is 12.7. The van der Waals surface area contributed by atoms with E-state index in [1.165, 1.54) is 9.21 Å². The van der Waals surface area contributed by atoms with Crippen LogP contribution >= 0.6 is 0 Å². The molecule has 2 aliphatic rings. The van der Waals surface area contributed by atoms with Crippen LogP contribution in [0.3, 0.4) is 0 Å². The molecule has 1 aromatic rings. The second kappa shape index (κ2) is 6.64. The van der Waals surface area contributed by atoms with Gasteiger partial charge >= 0.3 is 5.97 Å². The number of ether oxygens (including phenoxy) is 1. The molecule has 1 atom stereocenters. The normalized spacial score (nSPS) is 22.8. The van der Waals surface area contributed by atoms with Crippen LogP contribution in [-0.4, -0.2) is 68.4 Å². The number of aryl methyl sites for hydroxylation is 1. The lowest BCUT2D eigenvalue weighted by molar-refractivity contribution is -0.154. The average molecular weight is 368 g/mol. The predicted molar refractivity (Wildman–Crippen MR) is 90.2 cm³/mol. The van der Waals surface area contributed by atoms with Gasteiger partial charge < -0.3 is 14.7 Å². The summed E-state index contributed by atoms with van der Waals surface area (Å²) < 4.78 is 30.5. The molecule has 8 nitrogen and oxygen atoms in total. The third-order valence-electron chi connectivity index (χ3n) is 4.46. The Balaban J connectivity index is 1.81. The number of hydrogen-bond donors (Lipinski definition) is 1. The van der Waals surface area contributed by atoms with Crippen molar-refractivity contribution in [2.24, 2.45) is 0 Å². The van der Waals surface area contributed by atoms with Crippen LogP contribution in [0.1, 0.15) is 22.3 Å². The number of rotatable bonds is 3. The highest BCUT2D eigenvalue weighted by atomic mass is 32.2. The van der Waals surface area contributed by atoms with Gasteiger partial charge in [-0.3, -0.25) is 9.10 Å². The van der Waals surface area contributed by atoms with Crippen LogP contribution in [0.4, 0.5) is 5.69 Å². The summed E-state index contributed by atoms with van der Waals surface area (Å²) in [5, 5.41) is 9.04. The first kappa shape index (κ1) is 17.7. The molecule has 9 heteroatoms. The van der Waals surface area contributed by atoms with Gasteiger partial charge in [-0.05, 0) is 37.1 Å². The highest BCUT2D eigenvalue weighted by Crippen LogP contribution is 2.27. The van der Waals surface area contributed by atoms with Crippen molar-refractivity contribution in [3.8, 4) is 0 Å². The van der Waals surface area contributed by atoms with Crippen molar-refractivity contribution in [3.63, 3.8) is 0 Å². The zero-order valence-electron chi connectivity index (χ0n) is 13.8. The van der Waals surface area contributed by atoms with E-state index in [2.05, 4.69) is 0 Å². The highest BCUT2D eigenvalue weighted by molar-refractivity contribution is 7.93. The van der Waals surface area contributed by atoms with Crippen molar-refractivity contribution in [2.75, 3.05) is 36.3 Å². The number of nitrogens with zero attached hydrogens (tertiary/aromatic N) is 2. The summed E-state index contributed by atoms with van der Waals surface area (Å²) in [6, 6.07) is 4.91. The van der Waals surface area contributed by atoms with E-state index in [0.29, 0.717) is 36.3 Å². The van der Waals surface area contributed by atoms with Gasteiger partial charge in [-0.1, -0.05) is 0 Å². The minimum absolute atomic E-state index is 0.00410. The fourth-order valence-corrected chi connectivity index (χ4v) is 4.68. The number of benzene rings is 1. The molecule has 0 radical (unpaired) electrons. The maximum atomic E-state index is 12.7. The van der Waals surface area contributed by atoms with E-state index in [1.54, 1.807) is 25.1 Å². The van der Waals surface area contributed by atoms with Gasteiger partial charge in [-0.15, -0.1) is 0 Å². The first-order valence-corrected chi connectivity index (χ1v) is 9.65. The van der Waals surface area contributed by atoms with Crippen LogP contribution in [0.25, 0.3) is 0 Å². The highest BCUT2D eigenvalue weighted by Gasteiger charge is 2.31. The topological polar surface area (TPSA) is 104 Å². The van der Waals surface area contributed by atoms with E-state index in [-0.39, 0.29) is 24.8 Å². The molecule has 1 N–H and O–H groups in total. The molecule has 3 rings (SSSR count). The molecule has 2 heterocycles. The third kappa shape index (κ3) is 3.47. The third-order valence-corrected chi connectivity index (χ3v) is 6.33. The Morgan fingerprint density at radius 3 is 2.64 bits per heavy atom. The smallest absolute Gasteiger partial charge is 0.334 e. The molecule has 0 aromatic heterocycles. The summed E-state index contributed by atoms with van der Waals surface area (Å²) in [4.78, 5) is 25.2. The van der Waals surface area contributed by atoms with E-state index in [1.807, 2.05) is 0 Å². The monoisotopic (exact) mass is 368 g/mol. The minimum Gasteiger partial charge on any atom is -0.479 e. The van der Waals surface area contributed by atoms with Crippen molar-refractivity contribution < 1.29 is 27.9 Å². The number of aliphatic carboxylic acids is 1. The zero-order chi connectivity index (χ0) is 18.2. The van der Waals surface area contributed by atoms with Gasteiger partial charge in [0.1, 0.15) is 0 Å². The number of carboxylic acids is 1. The van der Waals surface area contributed by atoms with Crippen LogP contribution in [-0.2, 0) is 19.6 Å². The van der Waals surface area contributed by atoms with Crippen molar-refractivity contribution in [1.29, 1.82) is 0 Å². The lowest BCUT2D eigenvalue weighted by Crippen LogP contribution is -2.48. The molecular formula is C16H20N2O6S. The molecule has 2 aliphatic heterocycles. The van der Waals surface area contributed by atoms with E-state index in [9.17, 15) is 18.0 Å². The number of anilines is 1. The fraction of sp³-hybridized carbons (Fsp3) is 0.500. The van der Waals surface area contributed by atoms with Gasteiger partial charge in [0.2, 0.25) is 10.0 Å². The Bertz CT molecular complexity index is 807. The minimum atomic E-state index is -3.27. The second-order valence-corrected chi connectivity index (χ2v) is 8.20. The molecule has 0 aliphatic carbocycles. The Labute approximate surface area is 146 Å². The lowest BCUT2D eigenvalue weighted by atomic mass is 10.1. The number of carboxylic acid groups (broad SMARTS) is 1. The van der Waals surface area contributed by atoms with E-state index in [0.717, 1.165) is 0 Å². The van der Waals surface area contributed by atoms with E-state index in [4.69, 9.17) is 9.84 Å². The molecule has 0 saturated carbocycles. The number of carbonyl (C=O) groups excluding carboxylic acids is 1. The summed E-state index contributed by atoms with van der Waals surface area (Å²) in [6.07, 6.45) is -0.432. The molecule has 0 unspecified atom stereocenters. The Kier molecular flexibility index (Phi) is 4.70. The lowest BCUT2D eigenvalue weighted by Gasteiger charge is -2.31. The molecule has 0 bridgehead atoms. The zero-order valence-corrected chi connectivity index (χ0v) is 14.7. The standard InChI is InChI=1S/C16H20N2O6S/c1-11-9-12(18-5-2-8-25(18,22)23)3-4-13(11)15(19)17-6-7-24-14(10-17)16(20)21/h3-4,9,14H,2,5-8,10H2,1H3,(H,20,21)/t14-/m0/s1. The molecule has 1 aromatic carbocycles. The first-order chi connectivity index (χ1) is 11.8. The van der Waals surface area contributed by atoms with Gasteiger partial charge in [0.15, 0.2) is 6.10 Å². The largest absolute Gasteiger partial charge is 0.479 e. The number of hydrogen-bond acceptors (Lipinski definition) is 5. The maximum Gasteiger partial charge on any atom is 0.334 e. The molecule has 2 fully saturated rings. The Morgan fingerprint density at radius 2 is 2.04 bits per heavy atom.